The highest BCUT2D eigenvalue weighted by molar-refractivity contribution is 9.10. The van der Waals surface area contributed by atoms with Crippen LogP contribution in [0.3, 0.4) is 0 Å². The zero-order valence-electron chi connectivity index (χ0n) is 6.92. The predicted molar refractivity (Wildman–Crippen MR) is 53.1 cm³/mol. The summed E-state index contributed by atoms with van der Waals surface area (Å²) in [6.45, 7) is 1.88. The average Bonchev–Trinajstić information content (AvgIpc) is 2.06. The molecule has 2 heteroatoms. The van der Waals surface area contributed by atoms with Gasteiger partial charge < -0.3 is 0 Å². The van der Waals surface area contributed by atoms with Gasteiger partial charge in [-0.25, -0.2) is 0 Å². The van der Waals surface area contributed by atoms with E-state index in [4.69, 9.17) is 5.26 Å². The van der Waals surface area contributed by atoms with Crippen LogP contribution in [-0.4, -0.2) is 4.32 Å². The van der Waals surface area contributed by atoms with Gasteiger partial charge in [-0.1, -0.05) is 46.3 Å². The molecule has 1 aromatic rings. The normalized spacial score (nSPS) is 14.8. The Labute approximate surface area is 81.2 Å². The molecule has 0 amide bonds. The van der Waals surface area contributed by atoms with Gasteiger partial charge in [0.15, 0.2) is 0 Å². The maximum atomic E-state index is 8.76. The van der Waals surface area contributed by atoms with Crippen molar-refractivity contribution in [1.29, 1.82) is 5.26 Å². The first-order valence-electron chi connectivity index (χ1n) is 3.78. The first-order valence-corrected chi connectivity index (χ1v) is 4.57. The van der Waals surface area contributed by atoms with Crippen LogP contribution in [0.25, 0.3) is 0 Å². The molecule has 0 saturated carbocycles. The van der Waals surface area contributed by atoms with Gasteiger partial charge in [0.05, 0.1) is 6.07 Å². The van der Waals surface area contributed by atoms with Crippen molar-refractivity contribution >= 4 is 15.9 Å². The fraction of sp³-hybridized carbons (Fsp3) is 0.300. The van der Waals surface area contributed by atoms with Gasteiger partial charge in [0.2, 0.25) is 0 Å². The summed E-state index contributed by atoms with van der Waals surface area (Å²) < 4.78 is -0.436. The number of halogens is 1. The zero-order valence-corrected chi connectivity index (χ0v) is 8.51. The summed E-state index contributed by atoms with van der Waals surface area (Å²) in [6, 6.07) is 12.2. The van der Waals surface area contributed by atoms with Crippen molar-refractivity contribution in [2.75, 3.05) is 0 Å². The molecular formula is C10H10BrN. The third-order valence-corrected chi connectivity index (χ3v) is 2.07. The lowest BCUT2D eigenvalue weighted by Crippen LogP contribution is -2.15. The van der Waals surface area contributed by atoms with Gasteiger partial charge in [-0.3, -0.25) is 0 Å². The zero-order chi connectivity index (χ0) is 9.03. The molecule has 0 radical (unpaired) electrons. The summed E-state index contributed by atoms with van der Waals surface area (Å²) in [4.78, 5) is 0. The van der Waals surface area contributed by atoms with Crippen LogP contribution in [0.2, 0.25) is 0 Å². The van der Waals surface area contributed by atoms with Gasteiger partial charge >= 0.3 is 0 Å². The van der Waals surface area contributed by atoms with E-state index >= 15 is 0 Å². The van der Waals surface area contributed by atoms with Crippen LogP contribution in [0.5, 0.6) is 0 Å². The molecule has 0 aromatic heterocycles. The second kappa shape index (κ2) is 3.73. The Hall–Kier alpha value is -0.810. The monoisotopic (exact) mass is 223 g/mol. The van der Waals surface area contributed by atoms with Gasteiger partial charge in [0.25, 0.3) is 0 Å². The minimum atomic E-state index is -0.436. The van der Waals surface area contributed by atoms with Crippen LogP contribution in [0.4, 0.5) is 0 Å². The van der Waals surface area contributed by atoms with E-state index in [1.165, 1.54) is 5.56 Å². The first kappa shape index (κ1) is 9.28. The van der Waals surface area contributed by atoms with Crippen molar-refractivity contribution in [2.45, 2.75) is 17.7 Å². The van der Waals surface area contributed by atoms with Crippen LogP contribution in [-0.2, 0) is 6.42 Å². The molecule has 0 aliphatic rings. The first-order chi connectivity index (χ1) is 5.64. The predicted octanol–water partition coefficient (Wildman–Crippen LogP) is 2.91. The Morgan fingerprint density at radius 2 is 2.00 bits per heavy atom. The van der Waals surface area contributed by atoms with E-state index in [0.29, 0.717) is 0 Å². The molecule has 1 unspecified atom stereocenters. The van der Waals surface area contributed by atoms with Crippen molar-refractivity contribution in [2.24, 2.45) is 0 Å². The SMILES string of the molecule is CC(Br)(C#N)Cc1ccccc1. The van der Waals surface area contributed by atoms with E-state index in [1.807, 2.05) is 37.3 Å². The molecular weight excluding hydrogens is 214 g/mol. The highest BCUT2D eigenvalue weighted by Crippen LogP contribution is 2.21. The Morgan fingerprint density at radius 3 is 2.50 bits per heavy atom. The fourth-order valence-electron chi connectivity index (χ4n) is 1.02. The second-order valence-electron chi connectivity index (χ2n) is 2.97. The molecule has 0 heterocycles. The van der Waals surface area contributed by atoms with Crippen molar-refractivity contribution in [3.05, 3.63) is 35.9 Å². The standard InChI is InChI=1S/C10H10BrN/c1-10(11,8-12)7-9-5-3-2-4-6-9/h2-6H,7H2,1H3. The van der Waals surface area contributed by atoms with E-state index in [1.54, 1.807) is 0 Å². The maximum Gasteiger partial charge on any atom is 0.113 e. The van der Waals surface area contributed by atoms with Crippen molar-refractivity contribution < 1.29 is 0 Å². The van der Waals surface area contributed by atoms with Crippen LogP contribution in [0.1, 0.15) is 12.5 Å². The molecule has 12 heavy (non-hydrogen) atoms. The molecule has 1 nitrogen and oxygen atoms in total. The van der Waals surface area contributed by atoms with Gasteiger partial charge in [0.1, 0.15) is 4.32 Å². The van der Waals surface area contributed by atoms with Crippen LogP contribution < -0.4 is 0 Å². The largest absolute Gasteiger partial charge is 0.197 e. The number of benzene rings is 1. The quantitative estimate of drug-likeness (QED) is 0.708. The minimum absolute atomic E-state index is 0.436. The van der Waals surface area contributed by atoms with Gasteiger partial charge in [-0.05, 0) is 12.5 Å². The average molecular weight is 224 g/mol. The maximum absolute atomic E-state index is 8.76. The molecule has 1 rings (SSSR count). The fourth-order valence-corrected chi connectivity index (χ4v) is 1.34. The lowest BCUT2D eigenvalue weighted by molar-refractivity contribution is 0.813. The Bertz CT molecular complexity index is 284. The number of alkyl halides is 1. The van der Waals surface area contributed by atoms with Crippen LogP contribution in [0, 0.1) is 11.3 Å². The third-order valence-electron chi connectivity index (χ3n) is 1.61. The summed E-state index contributed by atoms with van der Waals surface area (Å²) in [5, 5.41) is 8.76. The molecule has 62 valence electrons. The summed E-state index contributed by atoms with van der Waals surface area (Å²) >= 11 is 3.36. The third kappa shape index (κ3) is 2.67. The number of nitriles is 1. The smallest absolute Gasteiger partial charge is 0.113 e. The molecule has 0 aliphatic heterocycles. The molecule has 1 atom stereocenters. The van der Waals surface area contributed by atoms with E-state index in [-0.39, 0.29) is 0 Å². The Balaban J connectivity index is 2.72. The second-order valence-corrected chi connectivity index (χ2v) is 4.72. The van der Waals surface area contributed by atoms with Crippen molar-refractivity contribution in [3.8, 4) is 6.07 Å². The molecule has 0 saturated heterocycles. The van der Waals surface area contributed by atoms with Gasteiger partial charge in [0, 0.05) is 6.42 Å². The summed E-state index contributed by atoms with van der Waals surface area (Å²) in [7, 11) is 0. The highest BCUT2D eigenvalue weighted by atomic mass is 79.9. The van der Waals surface area contributed by atoms with Crippen molar-refractivity contribution in [1.82, 2.24) is 0 Å². The lowest BCUT2D eigenvalue weighted by atomic mass is 10.0. The number of hydrogen-bond donors (Lipinski definition) is 0. The minimum Gasteiger partial charge on any atom is -0.197 e. The van der Waals surface area contributed by atoms with Gasteiger partial charge in [-0.2, -0.15) is 5.26 Å². The van der Waals surface area contributed by atoms with Crippen LogP contribution >= 0.6 is 15.9 Å². The van der Waals surface area contributed by atoms with E-state index in [0.717, 1.165) is 6.42 Å². The Kier molecular flexibility index (Phi) is 2.88. The molecule has 0 fully saturated rings. The number of hydrogen-bond acceptors (Lipinski definition) is 1. The highest BCUT2D eigenvalue weighted by Gasteiger charge is 2.18. The van der Waals surface area contributed by atoms with Crippen LogP contribution in [0.15, 0.2) is 30.3 Å². The van der Waals surface area contributed by atoms with E-state index in [9.17, 15) is 0 Å². The number of rotatable bonds is 2. The summed E-state index contributed by atoms with van der Waals surface area (Å²) in [6.07, 6.45) is 0.740. The summed E-state index contributed by atoms with van der Waals surface area (Å²) in [5.41, 5.74) is 1.18. The molecule has 0 aliphatic carbocycles. The lowest BCUT2D eigenvalue weighted by Gasteiger charge is -2.12. The van der Waals surface area contributed by atoms with E-state index in [2.05, 4.69) is 22.0 Å². The summed E-state index contributed by atoms with van der Waals surface area (Å²) in [5.74, 6) is 0. The number of nitrogens with zero attached hydrogens (tertiary/aromatic N) is 1. The Morgan fingerprint density at radius 1 is 1.42 bits per heavy atom. The molecule has 0 bridgehead atoms. The topological polar surface area (TPSA) is 23.8 Å². The molecule has 0 spiro atoms. The van der Waals surface area contributed by atoms with Crippen molar-refractivity contribution in [3.63, 3.8) is 0 Å². The van der Waals surface area contributed by atoms with E-state index < -0.39 is 4.32 Å². The van der Waals surface area contributed by atoms with Gasteiger partial charge in [-0.15, -0.1) is 0 Å². The molecule has 0 N–H and O–H groups in total. The molecule has 1 aromatic carbocycles.